The summed E-state index contributed by atoms with van der Waals surface area (Å²) in [6.45, 7) is 3.64. The van der Waals surface area contributed by atoms with Crippen LogP contribution >= 0.6 is 0 Å². The van der Waals surface area contributed by atoms with Crippen LogP contribution in [0.2, 0.25) is 0 Å². The van der Waals surface area contributed by atoms with Crippen molar-refractivity contribution in [2.24, 2.45) is 0 Å². The fraction of sp³-hybridized carbons (Fsp3) is 0.522. The van der Waals surface area contributed by atoms with Gasteiger partial charge in [0.1, 0.15) is 11.6 Å². The Bertz CT molecular complexity index is 862. The molecule has 3 atom stereocenters. The number of benzene rings is 1. The van der Waals surface area contributed by atoms with Crippen LogP contribution in [0.1, 0.15) is 32.1 Å². The highest BCUT2D eigenvalue weighted by molar-refractivity contribution is 5.58. The molecule has 5 nitrogen and oxygen atoms in total. The van der Waals surface area contributed by atoms with E-state index in [1.54, 1.807) is 12.1 Å². The van der Waals surface area contributed by atoms with Gasteiger partial charge in [-0.1, -0.05) is 6.07 Å². The molecule has 1 aromatic carbocycles. The van der Waals surface area contributed by atoms with Gasteiger partial charge in [-0.2, -0.15) is 0 Å². The van der Waals surface area contributed by atoms with Crippen molar-refractivity contribution in [2.45, 2.75) is 50.3 Å². The van der Waals surface area contributed by atoms with Crippen molar-refractivity contribution in [1.29, 1.82) is 0 Å². The lowest BCUT2D eigenvalue weighted by Gasteiger charge is -2.41. The molecule has 3 fully saturated rings. The summed E-state index contributed by atoms with van der Waals surface area (Å²) in [5, 5.41) is 10.0. The average Bonchev–Trinajstić information content (AvgIpc) is 3.18. The summed E-state index contributed by atoms with van der Waals surface area (Å²) in [5.74, 6) is 0.855. The topological polar surface area (TPSA) is 42.8 Å². The van der Waals surface area contributed by atoms with Crippen LogP contribution in [-0.2, 0) is 0 Å². The van der Waals surface area contributed by atoms with Crippen LogP contribution in [0.5, 0.6) is 0 Å². The van der Waals surface area contributed by atoms with Crippen molar-refractivity contribution < 1.29 is 9.50 Å². The highest BCUT2D eigenvalue weighted by Gasteiger charge is 2.41. The lowest BCUT2D eigenvalue weighted by molar-refractivity contribution is 0.154. The number of anilines is 3. The number of hydrogen-bond donors (Lipinski definition) is 1. The SMILES string of the molecule is O[C@H]1CCCN(c2ccnc(N3CC[C@@H]4[C@H]3CCCN4c3cccc(F)c3)c2)C1. The minimum absolute atomic E-state index is 0.169. The molecule has 0 radical (unpaired) electrons. The molecule has 0 aliphatic carbocycles. The molecule has 6 heteroatoms. The maximum atomic E-state index is 13.8. The highest BCUT2D eigenvalue weighted by Crippen LogP contribution is 2.37. The number of rotatable bonds is 3. The number of piperidine rings is 2. The van der Waals surface area contributed by atoms with Crippen molar-refractivity contribution in [3.05, 3.63) is 48.4 Å². The molecule has 154 valence electrons. The van der Waals surface area contributed by atoms with Crippen molar-refractivity contribution in [3.63, 3.8) is 0 Å². The van der Waals surface area contributed by atoms with E-state index in [0.717, 1.165) is 68.9 Å². The van der Waals surface area contributed by atoms with E-state index in [1.165, 1.54) is 6.07 Å². The Morgan fingerprint density at radius 3 is 2.62 bits per heavy atom. The van der Waals surface area contributed by atoms with Crippen LogP contribution in [0.4, 0.5) is 21.6 Å². The third-order valence-electron chi connectivity index (χ3n) is 6.73. The van der Waals surface area contributed by atoms with Gasteiger partial charge in [0.2, 0.25) is 0 Å². The average molecular weight is 397 g/mol. The zero-order valence-electron chi connectivity index (χ0n) is 16.8. The number of nitrogens with zero attached hydrogens (tertiary/aromatic N) is 4. The van der Waals surface area contributed by atoms with Crippen molar-refractivity contribution in [1.82, 2.24) is 4.98 Å². The summed E-state index contributed by atoms with van der Waals surface area (Å²) in [5.41, 5.74) is 2.14. The van der Waals surface area contributed by atoms with E-state index in [1.807, 2.05) is 12.3 Å². The molecule has 0 unspecified atom stereocenters. The molecule has 1 N–H and O–H groups in total. The molecule has 3 saturated heterocycles. The molecule has 4 heterocycles. The number of β-amino-alcohol motifs (C(OH)–C–C–N with tert-alkyl or cyclic N) is 1. The smallest absolute Gasteiger partial charge is 0.130 e. The first-order valence-electron chi connectivity index (χ1n) is 10.9. The standard InChI is InChI=1S/C23H29FN4O/c24-17-4-1-5-19(14-17)27-12-3-7-21-22(27)9-13-28(21)23-15-18(8-10-25-23)26-11-2-6-20(29)16-26/h1,4-5,8,10,14-15,20-22,29H,2-3,6-7,9,11-13,16H2/t20-,21+,22+/m0/s1. The Balaban J connectivity index is 1.37. The fourth-order valence-electron chi connectivity index (χ4n) is 5.40. The van der Waals surface area contributed by atoms with Gasteiger partial charge < -0.3 is 19.8 Å². The maximum absolute atomic E-state index is 13.8. The van der Waals surface area contributed by atoms with Gasteiger partial charge >= 0.3 is 0 Å². The van der Waals surface area contributed by atoms with Gasteiger partial charge in [-0.25, -0.2) is 9.37 Å². The van der Waals surface area contributed by atoms with Crippen LogP contribution < -0.4 is 14.7 Å². The van der Waals surface area contributed by atoms with Crippen molar-refractivity contribution >= 4 is 17.2 Å². The van der Waals surface area contributed by atoms with Crippen molar-refractivity contribution in [2.75, 3.05) is 40.9 Å². The Morgan fingerprint density at radius 2 is 1.76 bits per heavy atom. The number of pyridine rings is 1. The summed E-state index contributed by atoms with van der Waals surface area (Å²) >= 11 is 0. The summed E-state index contributed by atoms with van der Waals surface area (Å²) in [7, 11) is 0. The number of fused-ring (bicyclic) bond motifs is 1. The van der Waals surface area contributed by atoms with Gasteiger partial charge in [0, 0.05) is 49.8 Å². The minimum atomic E-state index is -0.241. The molecular formula is C23H29FN4O. The van der Waals surface area contributed by atoms with Crippen LogP contribution in [-0.4, -0.2) is 54.5 Å². The predicted octanol–water partition coefficient (Wildman–Crippen LogP) is 3.43. The van der Waals surface area contributed by atoms with Gasteiger partial charge in [0.25, 0.3) is 0 Å². The van der Waals surface area contributed by atoms with E-state index in [2.05, 4.69) is 26.8 Å². The lowest BCUT2D eigenvalue weighted by Crippen LogP contribution is -2.50. The third-order valence-corrected chi connectivity index (χ3v) is 6.73. The molecule has 3 aliphatic heterocycles. The summed E-state index contributed by atoms with van der Waals surface area (Å²) in [6, 6.07) is 12.0. The van der Waals surface area contributed by atoms with Crippen LogP contribution in [0.3, 0.4) is 0 Å². The first-order valence-corrected chi connectivity index (χ1v) is 10.9. The van der Waals surface area contributed by atoms with Gasteiger partial charge in [-0.05, 0) is 56.4 Å². The predicted molar refractivity (Wildman–Crippen MR) is 114 cm³/mol. The highest BCUT2D eigenvalue weighted by atomic mass is 19.1. The molecule has 0 saturated carbocycles. The van der Waals surface area contributed by atoms with Gasteiger partial charge in [0.15, 0.2) is 0 Å². The largest absolute Gasteiger partial charge is 0.391 e. The second-order valence-electron chi connectivity index (χ2n) is 8.55. The minimum Gasteiger partial charge on any atom is -0.391 e. The number of aliphatic hydroxyl groups is 1. The molecule has 0 bridgehead atoms. The Labute approximate surface area is 171 Å². The molecule has 1 aromatic heterocycles. The van der Waals surface area contributed by atoms with Gasteiger partial charge in [0.05, 0.1) is 18.2 Å². The lowest BCUT2D eigenvalue weighted by atomic mass is 9.96. The van der Waals surface area contributed by atoms with Crippen LogP contribution in [0.15, 0.2) is 42.6 Å². The Hall–Kier alpha value is -2.34. The summed E-state index contributed by atoms with van der Waals surface area (Å²) < 4.78 is 13.8. The second kappa shape index (κ2) is 7.82. The zero-order chi connectivity index (χ0) is 19.8. The van der Waals surface area contributed by atoms with E-state index >= 15 is 0 Å². The first kappa shape index (κ1) is 18.7. The monoisotopic (exact) mass is 396 g/mol. The third kappa shape index (κ3) is 3.66. The molecule has 2 aromatic rings. The molecule has 29 heavy (non-hydrogen) atoms. The second-order valence-corrected chi connectivity index (χ2v) is 8.55. The van der Waals surface area contributed by atoms with E-state index in [-0.39, 0.29) is 11.9 Å². The first-order chi connectivity index (χ1) is 14.2. The zero-order valence-corrected chi connectivity index (χ0v) is 16.8. The van der Waals surface area contributed by atoms with E-state index < -0.39 is 0 Å². The van der Waals surface area contributed by atoms with Crippen LogP contribution in [0, 0.1) is 5.82 Å². The van der Waals surface area contributed by atoms with Crippen molar-refractivity contribution in [3.8, 4) is 0 Å². The Morgan fingerprint density at radius 1 is 0.897 bits per heavy atom. The molecule has 0 spiro atoms. The number of halogens is 1. The number of aliphatic hydroxyl groups excluding tert-OH is 1. The van der Waals surface area contributed by atoms with Gasteiger partial charge in [-0.15, -0.1) is 0 Å². The van der Waals surface area contributed by atoms with E-state index in [9.17, 15) is 9.50 Å². The summed E-state index contributed by atoms with van der Waals surface area (Å²) in [6.07, 6.45) is 6.88. The molecular weight excluding hydrogens is 367 g/mol. The van der Waals surface area contributed by atoms with Crippen LogP contribution in [0.25, 0.3) is 0 Å². The quantitative estimate of drug-likeness (QED) is 0.861. The number of aromatic nitrogens is 1. The molecule has 3 aliphatic rings. The van der Waals surface area contributed by atoms with E-state index in [0.29, 0.717) is 18.6 Å². The maximum Gasteiger partial charge on any atom is 0.130 e. The molecule has 0 amide bonds. The van der Waals surface area contributed by atoms with Gasteiger partial charge in [-0.3, -0.25) is 0 Å². The fourth-order valence-corrected chi connectivity index (χ4v) is 5.40. The summed E-state index contributed by atoms with van der Waals surface area (Å²) in [4.78, 5) is 11.8. The van der Waals surface area contributed by atoms with E-state index in [4.69, 9.17) is 4.98 Å². The molecule has 5 rings (SSSR count). The number of hydrogen-bond acceptors (Lipinski definition) is 5. The normalized spacial score (nSPS) is 27.2. The Kier molecular flexibility index (Phi) is 5.04.